The van der Waals surface area contributed by atoms with Crippen LogP contribution >= 0.6 is 11.3 Å². The maximum Gasteiger partial charge on any atom is 0.405 e. The van der Waals surface area contributed by atoms with Gasteiger partial charge < -0.3 is 15.7 Å². The number of aromatic nitrogens is 1. The normalized spacial score (nSPS) is 12.5. The van der Waals surface area contributed by atoms with Crippen LogP contribution in [0.25, 0.3) is 0 Å². The van der Waals surface area contributed by atoms with Crippen LogP contribution in [0.15, 0.2) is 6.20 Å². The average Bonchev–Trinajstić information content (AvgIpc) is 2.73. The third-order valence-electron chi connectivity index (χ3n) is 2.55. The van der Waals surface area contributed by atoms with Crippen LogP contribution in [-0.4, -0.2) is 28.1 Å². The van der Waals surface area contributed by atoms with Crippen LogP contribution in [0.5, 0.6) is 0 Å². The highest BCUT2D eigenvalue weighted by atomic mass is 32.1. The van der Waals surface area contributed by atoms with Gasteiger partial charge in [-0.3, -0.25) is 4.79 Å². The number of rotatable bonds is 5. The largest absolute Gasteiger partial charge is 0.465 e. The van der Waals surface area contributed by atoms with E-state index in [2.05, 4.69) is 15.6 Å². The van der Waals surface area contributed by atoms with Crippen LogP contribution in [0.1, 0.15) is 38.5 Å². The van der Waals surface area contributed by atoms with E-state index in [-0.39, 0.29) is 11.8 Å². The molecule has 0 saturated heterocycles. The summed E-state index contributed by atoms with van der Waals surface area (Å²) in [7, 11) is 0. The highest BCUT2D eigenvalue weighted by Gasteiger charge is 2.24. The second-order valence-electron chi connectivity index (χ2n) is 4.88. The van der Waals surface area contributed by atoms with Gasteiger partial charge in [-0.1, -0.05) is 27.7 Å². The molecular weight excluding hydrogens is 266 g/mol. The molecule has 0 aliphatic heterocycles. The standard InChI is InChI=1S/C12H19N3O3S/c1-6(2)8-5-13-11(19-8)15-10(16)9(7(3)4)14-12(17)18/h5-7,9,14H,1-4H3,(H,17,18)(H,13,15,16). The third-order valence-corrected chi connectivity index (χ3v) is 3.76. The molecule has 1 unspecified atom stereocenters. The number of carboxylic acid groups (broad SMARTS) is 1. The number of thiazole rings is 1. The van der Waals surface area contributed by atoms with Crippen molar-refractivity contribution in [1.29, 1.82) is 0 Å². The van der Waals surface area contributed by atoms with Gasteiger partial charge >= 0.3 is 6.09 Å². The van der Waals surface area contributed by atoms with E-state index in [0.717, 1.165) is 4.88 Å². The van der Waals surface area contributed by atoms with E-state index in [0.29, 0.717) is 11.0 Å². The smallest absolute Gasteiger partial charge is 0.405 e. The molecule has 1 aromatic rings. The van der Waals surface area contributed by atoms with Gasteiger partial charge in [0, 0.05) is 11.1 Å². The van der Waals surface area contributed by atoms with Crippen molar-refractivity contribution in [2.45, 2.75) is 39.7 Å². The summed E-state index contributed by atoms with van der Waals surface area (Å²) >= 11 is 1.40. The van der Waals surface area contributed by atoms with Crippen molar-refractivity contribution >= 4 is 28.5 Å². The van der Waals surface area contributed by atoms with Crippen molar-refractivity contribution in [1.82, 2.24) is 10.3 Å². The number of amides is 2. The minimum atomic E-state index is -1.21. The molecule has 0 radical (unpaired) electrons. The van der Waals surface area contributed by atoms with Gasteiger partial charge in [-0.05, 0) is 11.8 Å². The van der Waals surface area contributed by atoms with E-state index in [4.69, 9.17) is 5.11 Å². The predicted molar refractivity (Wildman–Crippen MR) is 74.6 cm³/mol. The molecule has 6 nitrogen and oxygen atoms in total. The van der Waals surface area contributed by atoms with Crippen LogP contribution in [0.3, 0.4) is 0 Å². The first-order valence-electron chi connectivity index (χ1n) is 6.07. The molecule has 0 spiro atoms. The lowest BCUT2D eigenvalue weighted by Crippen LogP contribution is -2.46. The van der Waals surface area contributed by atoms with Crippen LogP contribution in [0.4, 0.5) is 9.93 Å². The highest BCUT2D eigenvalue weighted by molar-refractivity contribution is 7.15. The Morgan fingerprint density at radius 1 is 1.32 bits per heavy atom. The fourth-order valence-electron chi connectivity index (χ4n) is 1.46. The molecule has 0 aliphatic rings. The molecule has 1 heterocycles. The summed E-state index contributed by atoms with van der Waals surface area (Å²) < 4.78 is 0. The molecule has 7 heteroatoms. The highest BCUT2D eigenvalue weighted by Crippen LogP contribution is 2.25. The summed E-state index contributed by atoms with van der Waals surface area (Å²) in [4.78, 5) is 27.8. The quantitative estimate of drug-likeness (QED) is 0.775. The average molecular weight is 285 g/mol. The molecule has 0 bridgehead atoms. The fraction of sp³-hybridized carbons (Fsp3) is 0.583. The minimum absolute atomic E-state index is 0.138. The van der Waals surface area contributed by atoms with E-state index in [1.165, 1.54) is 11.3 Å². The van der Waals surface area contributed by atoms with Gasteiger partial charge in [0.25, 0.3) is 0 Å². The number of anilines is 1. The monoisotopic (exact) mass is 285 g/mol. The van der Waals surface area contributed by atoms with E-state index >= 15 is 0 Å². The van der Waals surface area contributed by atoms with Crippen molar-refractivity contribution in [3.8, 4) is 0 Å². The minimum Gasteiger partial charge on any atom is -0.465 e. The van der Waals surface area contributed by atoms with E-state index in [1.54, 1.807) is 20.0 Å². The summed E-state index contributed by atoms with van der Waals surface area (Å²) in [5, 5.41) is 14.1. The number of hydrogen-bond acceptors (Lipinski definition) is 4. The number of carbonyl (C=O) groups is 2. The van der Waals surface area contributed by atoms with Crippen molar-refractivity contribution in [2.24, 2.45) is 5.92 Å². The molecule has 19 heavy (non-hydrogen) atoms. The Morgan fingerprint density at radius 2 is 1.95 bits per heavy atom. The predicted octanol–water partition coefficient (Wildman–Crippen LogP) is 2.50. The molecule has 2 amide bonds. The van der Waals surface area contributed by atoms with Gasteiger partial charge in [0.15, 0.2) is 5.13 Å². The fourth-order valence-corrected chi connectivity index (χ4v) is 2.28. The first-order chi connectivity index (χ1) is 8.81. The topological polar surface area (TPSA) is 91.3 Å². The van der Waals surface area contributed by atoms with Gasteiger partial charge in [-0.25, -0.2) is 9.78 Å². The first-order valence-corrected chi connectivity index (χ1v) is 6.89. The number of nitrogens with zero attached hydrogens (tertiary/aromatic N) is 1. The zero-order valence-corrected chi connectivity index (χ0v) is 12.2. The van der Waals surface area contributed by atoms with Gasteiger partial charge in [0.05, 0.1) is 0 Å². The van der Waals surface area contributed by atoms with E-state index in [9.17, 15) is 9.59 Å². The van der Waals surface area contributed by atoms with Crippen LogP contribution in [-0.2, 0) is 4.79 Å². The van der Waals surface area contributed by atoms with Crippen molar-refractivity contribution in [2.75, 3.05) is 5.32 Å². The summed E-state index contributed by atoms with van der Waals surface area (Å²) in [6.07, 6.45) is 0.510. The molecule has 1 atom stereocenters. The third kappa shape index (κ3) is 4.51. The lowest BCUT2D eigenvalue weighted by Gasteiger charge is -2.19. The van der Waals surface area contributed by atoms with Crippen molar-refractivity contribution in [3.05, 3.63) is 11.1 Å². The Kier molecular flexibility index (Phi) is 5.29. The Bertz CT molecular complexity index is 457. The summed E-state index contributed by atoms with van der Waals surface area (Å²) in [5.41, 5.74) is 0. The van der Waals surface area contributed by atoms with Crippen LogP contribution < -0.4 is 10.6 Å². The summed E-state index contributed by atoms with van der Waals surface area (Å²) in [6, 6.07) is -0.788. The molecule has 1 aromatic heterocycles. The van der Waals surface area contributed by atoms with Gasteiger partial charge in [0.1, 0.15) is 6.04 Å². The van der Waals surface area contributed by atoms with E-state index < -0.39 is 12.1 Å². The van der Waals surface area contributed by atoms with Crippen LogP contribution in [0, 0.1) is 5.92 Å². The number of nitrogens with one attached hydrogen (secondary N) is 2. The van der Waals surface area contributed by atoms with Crippen molar-refractivity contribution in [3.63, 3.8) is 0 Å². The molecule has 0 aliphatic carbocycles. The van der Waals surface area contributed by atoms with Gasteiger partial charge in [-0.2, -0.15) is 0 Å². The first kappa shape index (κ1) is 15.4. The molecule has 0 fully saturated rings. The van der Waals surface area contributed by atoms with Crippen molar-refractivity contribution < 1.29 is 14.7 Å². The number of hydrogen-bond donors (Lipinski definition) is 3. The number of carbonyl (C=O) groups excluding carboxylic acids is 1. The molecule has 3 N–H and O–H groups in total. The molecule has 0 aromatic carbocycles. The Hall–Kier alpha value is -1.63. The van der Waals surface area contributed by atoms with Gasteiger partial charge in [0.2, 0.25) is 5.91 Å². The lowest BCUT2D eigenvalue weighted by atomic mass is 10.0. The molecule has 106 valence electrons. The Labute approximate surface area is 116 Å². The molecule has 0 saturated carbocycles. The molecular formula is C12H19N3O3S. The van der Waals surface area contributed by atoms with Crippen LogP contribution in [0.2, 0.25) is 0 Å². The second-order valence-corrected chi connectivity index (χ2v) is 5.95. The lowest BCUT2D eigenvalue weighted by molar-refractivity contribution is -0.118. The Balaban J connectivity index is 2.72. The summed E-state index contributed by atoms with van der Waals surface area (Å²) in [6.45, 7) is 7.65. The maximum atomic E-state index is 12.0. The maximum absolute atomic E-state index is 12.0. The Morgan fingerprint density at radius 3 is 2.37 bits per heavy atom. The van der Waals surface area contributed by atoms with Gasteiger partial charge in [-0.15, -0.1) is 11.3 Å². The SMILES string of the molecule is CC(C)c1cnc(NC(=O)C(NC(=O)O)C(C)C)s1. The summed E-state index contributed by atoms with van der Waals surface area (Å²) in [5.74, 6) is -0.177. The molecule has 1 rings (SSSR count). The second kappa shape index (κ2) is 6.51. The zero-order valence-electron chi connectivity index (χ0n) is 11.4. The van der Waals surface area contributed by atoms with E-state index in [1.807, 2.05) is 13.8 Å². The zero-order chi connectivity index (χ0) is 14.6.